The molecule has 7 nitrogen and oxygen atoms in total. The van der Waals surface area contributed by atoms with Gasteiger partial charge in [-0.3, -0.25) is 14.4 Å². The first-order valence-electron chi connectivity index (χ1n) is 8.68. The number of thioether (sulfide) groups is 1. The van der Waals surface area contributed by atoms with Crippen LogP contribution in [0.15, 0.2) is 53.4 Å². The van der Waals surface area contributed by atoms with Gasteiger partial charge in [0.1, 0.15) is 12.3 Å². The molecule has 0 aromatic heterocycles. The van der Waals surface area contributed by atoms with Crippen LogP contribution in [0.2, 0.25) is 0 Å². The summed E-state index contributed by atoms with van der Waals surface area (Å²) in [7, 11) is 1.55. The average molecular weight is 401 g/mol. The summed E-state index contributed by atoms with van der Waals surface area (Å²) in [5.74, 6) is -0.354. The first-order valence-corrected chi connectivity index (χ1v) is 9.66. The molecule has 0 radical (unpaired) electrons. The first-order chi connectivity index (χ1) is 13.4. The molecule has 0 aliphatic heterocycles. The van der Waals surface area contributed by atoms with E-state index in [1.807, 2.05) is 0 Å². The van der Waals surface area contributed by atoms with Gasteiger partial charge in [-0.05, 0) is 31.2 Å². The topological polar surface area (TPSA) is 102 Å². The Morgan fingerprint density at radius 3 is 2.57 bits per heavy atom. The van der Waals surface area contributed by atoms with E-state index in [-0.39, 0.29) is 24.1 Å². The van der Waals surface area contributed by atoms with Crippen LogP contribution in [0.3, 0.4) is 0 Å². The fourth-order valence-electron chi connectivity index (χ4n) is 2.49. The number of rotatable bonds is 9. The number of nitrogens with one attached hydrogen (secondary N) is 1. The molecule has 0 unspecified atom stereocenters. The maximum atomic E-state index is 12.9. The third kappa shape index (κ3) is 6.02. The molecule has 0 heterocycles. The van der Waals surface area contributed by atoms with Gasteiger partial charge in [0, 0.05) is 23.2 Å². The smallest absolute Gasteiger partial charge is 0.255 e. The molecule has 0 saturated heterocycles. The Bertz CT molecular complexity index is 857. The second-order valence-electron chi connectivity index (χ2n) is 5.85. The van der Waals surface area contributed by atoms with Gasteiger partial charge in [-0.1, -0.05) is 18.2 Å². The quantitative estimate of drug-likeness (QED) is 0.628. The van der Waals surface area contributed by atoms with E-state index >= 15 is 0 Å². The lowest BCUT2D eigenvalue weighted by atomic mass is 10.2. The lowest BCUT2D eigenvalue weighted by Gasteiger charge is -2.21. The monoisotopic (exact) mass is 401 g/mol. The molecule has 2 aromatic rings. The van der Waals surface area contributed by atoms with E-state index in [9.17, 15) is 14.4 Å². The molecule has 148 valence electrons. The van der Waals surface area contributed by atoms with Crippen LogP contribution < -0.4 is 15.8 Å². The summed E-state index contributed by atoms with van der Waals surface area (Å²) in [6, 6.07) is 13.9. The normalized spacial score (nSPS) is 10.2. The van der Waals surface area contributed by atoms with Crippen molar-refractivity contribution in [1.82, 2.24) is 4.90 Å². The van der Waals surface area contributed by atoms with Crippen molar-refractivity contribution < 1.29 is 19.1 Å². The lowest BCUT2D eigenvalue weighted by Crippen LogP contribution is -2.38. The molecule has 0 aliphatic carbocycles. The largest absolute Gasteiger partial charge is 0.497 e. The maximum Gasteiger partial charge on any atom is 0.255 e. The van der Waals surface area contributed by atoms with Crippen molar-refractivity contribution in [1.29, 1.82) is 0 Å². The van der Waals surface area contributed by atoms with Crippen LogP contribution in [0, 0.1) is 0 Å². The predicted molar refractivity (Wildman–Crippen MR) is 110 cm³/mol. The van der Waals surface area contributed by atoms with Crippen LogP contribution in [0.4, 0.5) is 5.69 Å². The van der Waals surface area contributed by atoms with Crippen molar-refractivity contribution in [2.24, 2.45) is 5.73 Å². The summed E-state index contributed by atoms with van der Waals surface area (Å²) >= 11 is 1.20. The Morgan fingerprint density at radius 1 is 1.14 bits per heavy atom. The highest BCUT2D eigenvalue weighted by molar-refractivity contribution is 8.00. The number of likely N-dealkylation sites (N-methyl/N-ethyl adjacent to an activating group) is 1. The van der Waals surface area contributed by atoms with Crippen LogP contribution in [0.1, 0.15) is 17.3 Å². The van der Waals surface area contributed by atoms with E-state index in [2.05, 4.69) is 5.32 Å². The van der Waals surface area contributed by atoms with E-state index in [0.29, 0.717) is 28.4 Å². The van der Waals surface area contributed by atoms with E-state index in [0.717, 1.165) is 0 Å². The summed E-state index contributed by atoms with van der Waals surface area (Å²) in [4.78, 5) is 38.5. The van der Waals surface area contributed by atoms with Gasteiger partial charge < -0.3 is 20.7 Å². The van der Waals surface area contributed by atoms with Gasteiger partial charge in [0.15, 0.2) is 0 Å². The van der Waals surface area contributed by atoms with Gasteiger partial charge in [0.2, 0.25) is 11.8 Å². The number of anilines is 1. The highest BCUT2D eigenvalue weighted by Crippen LogP contribution is 2.24. The third-order valence-corrected chi connectivity index (χ3v) is 4.94. The fraction of sp³-hybridized carbons (Fsp3) is 0.250. The van der Waals surface area contributed by atoms with Gasteiger partial charge in [0.25, 0.3) is 5.91 Å². The summed E-state index contributed by atoms with van der Waals surface area (Å²) in [5.41, 5.74) is 6.22. The fourth-order valence-corrected chi connectivity index (χ4v) is 3.27. The summed E-state index contributed by atoms with van der Waals surface area (Å²) in [6.45, 7) is 2.07. The molecule has 0 saturated carbocycles. The molecule has 0 atom stereocenters. The Kier molecular flexibility index (Phi) is 7.88. The Hall–Kier alpha value is -3.00. The van der Waals surface area contributed by atoms with Gasteiger partial charge >= 0.3 is 0 Å². The van der Waals surface area contributed by atoms with Crippen molar-refractivity contribution in [2.75, 3.05) is 31.3 Å². The number of amides is 3. The second kappa shape index (κ2) is 10.4. The maximum absolute atomic E-state index is 12.9. The number of ether oxygens (including phenoxy) is 1. The summed E-state index contributed by atoms with van der Waals surface area (Å²) in [6.07, 6.45) is 0. The predicted octanol–water partition coefficient (Wildman–Crippen LogP) is 2.37. The molecule has 3 N–H and O–H groups in total. The van der Waals surface area contributed by atoms with Gasteiger partial charge in [0.05, 0.1) is 18.4 Å². The number of benzene rings is 2. The number of hydrogen-bond acceptors (Lipinski definition) is 5. The van der Waals surface area contributed by atoms with Crippen LogP contribution in [0.5, 0.6) is 5.75 Å². The Balaban J connectivity index is 2.09. The molecule has 28 heavy (non-hydrogen) atoms. The zero-order valence-corrected chi connectivity index (χ0v) is 16.6. The first kappa shape index (κ1) is 21.3. The number of carbonyl (C=O) groups is 3. The van der Waals surface area contributed by atoms with Crippen molar-refractivity contribution in [3.8, 4) is 5.75 Å². The number of carbonyl (C=O) groups excluding carboxylic acids is 3. The van der Waals surface area contributed by atoms with Crippen LogP contribution in [-0.4, -0.2) is 48.6 Å². The van der Waals surface area contributed by atoms with Gasteiger partial charge in [-0.15, -0.1) is 11.8 Å². The summed E-state index contributed by atoms with van der Waals surface area (Å²) < 4.78 is 5.14. The molecule has 2 aromatic carbocycles. The number of nitrogens with zero attached hydrogens (tertiary/aromatic N) is 1. The van der Waals surface area contributed by atoms with Crippen LogP contribution >= 0.6 is 11.8 Å². The standard InChI is InChI=1S/C20H23N3O4S/c1-3-23(12-19(25)22-14-7-6-8-15(11-14)27-2)20(26)16-9-4-5-10-17(16)28-13-18(21)24/h4-11H,3,12-13H2,1-2H3,(H2,21,24)(H,22,25). The summed E-state index contributed by atoms with van der Waals surface area (Å²) in [5, 5.41) is 2.76. The molecular weight excluding hydrogens is 378 g/mol. The number of methoxy groups -OCH3 is 1. The highest BCUT2D eigenvalue weighted by Gasteiger charge is 2.20. The van der Waals surface area contributed by atoms with Crippen LogP contribution in [-0.2, 0) is 9.59 Å². The zero-order valence-electron chi connectivity index (χ0n) is 15.8. The minimum Gasteiger partial charge on any atom is -0.497 e. The zero-order chi connectivity index (χ0) is 20.5. The molecule has 0 bridgehead atoms. The van der Waals surface area contributed by atoms with E-state index in [1.165, 1.54) is 16.7 Å². The number of primary amides is 1. The van der Waals surface area contributed by atoms with Crippen molar-refractivity contribution in [2.45, 2.75) is 11.8 Å². The molecule has 8 heteroatoms. The number of hydrogen-bond donors (Lipinski definition) is 2. The highest BCUT2D eigenvalue weighted by atomic mass is 32.2. The van der Waals surface area contributed by atoms with Gasteiger partial charge in [-0.2, -0.15) is 0 Å². The minimum atomic E-state index is -0.461. The van der Waals surface area contributed by atoms with Crippen molar-refractivity contribution in [3.63, 3.8) is 0 Å². The Morgan fingerprint density at radius 2 is 1.89 bits per heavy atom. The molecule has 0 fully saturated rings. The van der Waals surface area contributed by atoms with Gasteiger partial charge in [-0.25, -0.2) is 0 Å². The van der Waals surface area contributed by atoms with Crippen molar-refractivity contribution >= 4 is 35.2 Å². The number of nitrogens with two attached hydrogens (primary N) is 1. The lowest BCUT2D eigenvalue weighted by molar-refractivity contribution is -0.117. The molecular formula is C20H23N3O4S. The minimum absolute atomic E-state index is 0.0761. The average Bonchev–Trinajstić information content (AvgIpc) is 2.70. The molecule has 0 aliphatic rings. The van der Waals surface area contributed by atoms with Crippen molar-refractivity contribution in [3.05, 3.63) is 54.1 Å². The third-order valence-electron chi connectivity index (χ3n) is 3.84. The Labute approximate surface area is 168 Å². The molecule has 0 spiro atoms. The van der Waals surface area contributed by atoms with E-state index < -0.39 is 5.91 Å². The second-order valence-corrected chi connectivity index (χ2v) is 6.87. The van der Waals surface area contributed by atoms with Crippen LogP contribution in [0.25, 0.3) is 0 Å². The van der Waals surface area contributed by atoms with E-state index in [1.54, 1.807) is 62.6 Å². The molecule has 2 rings (SSSR count). The van der Waals surface area contributed by atoms with E-state index in [4.69, 9.17) is 10.5 Å². The molecule has 3 amide bonds. The SMILES string of the molecule is CCN(CC(=O)Nc1cccc(OC)c1)C(=O)c1ccccc1SCC(N)=O.